The minimum absolute atomic E-state index is 0.0681. The highest BCUT2D eigenvalue weighted by Crippen LogP contribution is 2.53. The summed E-state index contributed by atoms with van der Waals surface area (Å²) >= 11 is 0. The van der Waals surface area contributed by atoms with Gasteiger partial charge in [0.05, 0.1) is 5.41 Å². The number of carbonyl (C=O) groups is 1. The van der Waals surface area contributed by atoms with Crippen LogP contribution in [0.4, 0.5) is 8.78 Å². The lowest BCUT2D eigenvalue weighted by Gasteiger charge is -2.44. The van der Waals surface area contributed by atoms with Crippen molar-refractivity contribution in [1.29, 1.82) is 0 Å². The molecule has 0 aromatic carbocycles. The first kappa shape index (κ1) is 9.87. The SMILES string of the molecule is O=C(O)C1(CC2CC(F)(F)C2)CCC1. The van der Waals surface area contributed by atoms with Crippen LogP contribution in [0, 0.1) is 11.3 Å². The van der Waals surface area contributed by atoms with E-state index in [1.807, 2.05) is 0 Å². The van der Waals surface area contributed by atoms with E-state index in [0.717, 1.165) is 6.42 Å². The zero-order valence-corrected chi connectivity index (χ0v) is 7.93. The fourth-order valence-electron chi connectivity index (χ4n) is 2.59. The summed E-state index contributed by atoms with van der Waals surface area (Å²) in [5.74, 6) is -3.38. The molecule has 0 atom stereocenters. The average molecular weight is 204 g/mol. The van der Waals surface area contributed by atoms with Crippen molar-refractivity contribution in [1.82, 2.24) is 0 Å². The van der Waals surface area contributed by atoms with Crippen molar-refractivity contribution in [3.8, 4) is 0 Å². The van der Waals surface area contributed by atoms with Gasteiger partial charge in [-0.1, -0.05) is 6.42 Å². The maximum Gasteiger partial charge on any atom is 0.309 e. The number of rotatable bonds is 3. The van der Waals surface area contributed by atoms with E-state index in [0.29, 0.717) is 19.3 Å². The molecule has 2 nitrogen and oxygen atoms in total. The lowest BCUT2D eigenvalue weighted by molar-refractivity contribution is -0.164. The Morgan fingerprint density at radius 3 is 2.21 bits per heavy atom. The Bertz CT molecular complexity index is 251. The standard InChI is InChI=1S/C10H14F2O2/c11-10(12)5-7(6-10)4-9(8(13)14)2-1-3-9/h7H,1-6H2,(H,13,14). The zero-order valence-electron chi connectivity index (χ0n) is 7.93. The fraction of sp³-hybridized carbons (Fsp3) is 0.900. The van der Waals surface area contributed by atoms with Crippen LogP contribution in [0.1, 0.15) is 38.5 Å². The maximum atomic E-state index is 12.5. The molecule has 0 aromatic heterocycles. The molecular weight excluding hydrogens is 190 g/mol. The van der Waals surface area contributed by atoms with E-state index in [1.54, 1.807) is 0 Å². The summed E-state index contributed by atoms with van der Waals surface area (Å²) in [6.45, 7) is 0. The molecule has 80 valence electrons. The normalized spacial score (nSPS) is 29.0. The van der Waals surface area contributed by atoms with E-state index in [1.165, 1.54) is 0 Å². The molecule has 0 radical (unpaired) electrons. The van der Waals surface area contributed by atoms with Gasteiger partial charge in [-0.25, -0.2) is 8.78 Å². The molecule has 4 heteroatoms. The Morgan fingerprint density at radius 2 is 1.93 bits per heavy atom. The van der Waals surface area contributed by atoms with Crippen LogP contribution in [0.5, 0.6) is 0 Å². The van der Waals surface area contributed by atoms with Gasteiger partial charge in [-0.15, -0.1) is 0 Å². The molecule has 0 aliphatic heterocycles. The highest BCUT2D eigenvalue weighted by Gasteiger charge is 2.52. The van der Waals surface area contributed by atoms with Crippen molar-refractivity contribution in [2.75, 3.05) is 0 Å². The number of halogens is 2. The lowest BCUT2D eigenvalue weighted by Crippen LogP contribution is -2.45. The van der Waals surface area contributed by atoms with E-state index in [-0.39, 0.29) is 18.8 Å². The molecular formula is C10H14F2O2. The van der Waals surface area contributed by atoms with Crippen LogP contribution in [-0.4, -0.2) is 17.0 Å². The number of alkyl halides is 2. The molecule has 0 spiro atoms. The smallest absolute Gasteiger partial charge is 0.309 e. The van der Waals surface area contributed by atoms with E-state index < -0.39 is 17.3 Å². The van der Waals surface area contributed by atoms with Gasteiger partial charge in [-0.05, 0) is 25.2 Å². The second kappa shape index (κ2) is 2.91. The monoisotopic (exact) mass is 204 g/mol. The Hall–Kier alpha value is -0.670. The Labute approximate surface area is 81.3 Å². The highest BCUT2D eigenvalue weighted by molar-refractivity contribution is 5.75. The summed E-state index contributed by atoms with van der Waals surface area (Å²) in [4.78, 5) is 11.0. The number of carboxylic acids is 1. The third-order valence-electron chi connectivity index (χ3n) is 3.62. The molecule has 2 aliphatic rings. The summed E-state index contributed by atoms with van der Waals surface area (Å²) in [6.07, 6.45) is 2.51. The Kier molecular flexibility index (Phi) is 2.05. The van der Waals surface area contributed by atoms with Crippen LogP contribution in [0.15, 0.2) is 0 Å². The first-order chi connectivity index (χ1) is 6.44. The molecule has 0 unspecified atom stereocenters. The third kappa shape index (κ3) is 1.51. The van der Waals surface area contributed by atoms with Gasteiger partial charge in [0.1, 0.15) is 0 Å². The van der Waals surface area contributed by atoms with E-state index in [9.17, 15) is 13.6 Å². The van der Waals surface area contributed by atoms with Gasteiger partial charge in [0.2, 0.25) is 5.92 Å². The van der Waals surface area contributed by atoms with E-state index >= 15 is 0 Å². The molecule has 2 saturated carbocycles. The van der Waals surface area contributed by atoms with Crippen molar-refractivity contribution in [2.24, 2.45) is 11.3 Å². The third-order valence-corrected chi connectivity index (χ3v) is 3.62. The van der Waals surface area contributed by atoms with Crippen LogP contribution < -0.4 is 0 Å². The van der Waals surface area contributed by atoms with Gasteiger partial charge in [0.25, 0.3) is 0 Å². The van der Waals surface area contributed by atoms with Crippen LogP contribution in [-0.2, 0) is 4.79 Å². The molecule has 2 aliphatic carbocycles. The molecule has 0 aromatic rings. The molecule has 0 saturated heterocycles. The lowest BCUT2D eigenvalue weighted by atomic mass is 9.61. The largest absolute Gasteiger partial charge is 0.481 e. The summed E-state index contributed by atoms with van der Waals surface area (Å²) in [7, 11) is 0. The Balaban J connectivity index is 1.88. The summed E-state index contributed by atoms with van der Waals surface area (Å²) in [5, 5.41) is 8.99. The van der Waals surface area contributed by atoms with Gasteiger partial charge < -0.3 is 5.11 Å². The number of carboxylic acid groups (broad SMARTS) is 1. The molecule has 1 N–H and O–H groups in total. The molecule has 2 rings (SSSR count). The first-order valence-corrected chi connectivity index (χ1v) is 5.05. The second-order valence-electron chi connectivity index (χ2n) is 4.77. The highest BCUT2D eigenvalue weighted by atomic mass is 19.3. The van der Waals surface area contributed by atoms with Crippen molar-refractivity contribution in [3.63, 3.8) is 0 Å². The van der Waals surface area contributed by atoms with Crippen LogP contribution >= 0.6 is 0 Å². The van der Waals surface area contributed by atoms with Gasteiger partial charge in [-0.3, -0.25) is 4.79 Å². The van der Waals surface area contributed by atoms with Gasteiger partial charge in [0.15, 0.2) is 0 Å². The van der Waals surface area contributed by atoms with E-state index in [4.69, 9.17) is 5.11 Å². The minimum Gasteiger partial charge on any atom is -0.481 e. The second-order valence-corrected chi connectivity index (χ2v) is 4.77. The maximum absolute atomic E-state index is 12.5. The number of hydrogen-bond acceptors (Lipinski definition) is 1. The number of hydrogen-bond donors (Lipinski definition) is 1. The molecule has 2 fully saturated rings. The van der Waals surface area contributed by atoms with Crippen LogP contribution in [0.3, 0.4) is 0 Å². The predicted octanol–water partition coefficient (Wildman–Crippen LogP) is 2.68. The van der Waals surface area contributed by atoms with Crippen molar-refractivity contribution in [3.05, 3.63) is 0 Å². The van der Waals surface area contributed by atoms with E-state index in [2.05, 4.69) is 0 Å². The van der Waals surface area contributed by atoms with Crippen LogP contribution in [0.25, 0.3) is 0 Å². The summed E-state index contributed by atoms with van der Waals surface area (Å²) < 4.78 is 25.1. The quantitative estimate of drug-likeness (QED) is 0.767. The summed E-state index contributed by atoms with van der Waals surface area (Å²) in [6, 6.07) is 0. The zero-order chi connectivity index (χ0) is 10.4. The van der Waals surface area contributed by atoms with Crippen LogP contribution in [0.2, 0.25) is 0 Å². The topological polar surface area (TPSA) is 37.3 Å². The Morgan fingerprint density at radius 1 is 1.36 bits per heavy atom. The predicted molar refractivity (Wildman–Crippen MR) is 46.2 cm³/mol. The van der Waals surface area contributed by atoms with Crippen molar-refractivity contribution in [2.45, 2.75) is 44.4 Å². The first-order valence-electron chi connectivity index (χ1n) is 5.05. The molecule has 14 heavy (non-hydrogen) atoms. The van der Waals surface area contributed by atoms with Gasteiger partial charge in [-0.2, -0.15) is 0 Å². The summed E-state index contributed by atoms with van der Waals surface area (Å²) in [5.41, 5.74) is -0.652. The molecule has 0 heterocycles. The van der Waals surface area contributed by atoms with Gasteiger partial charge >= 0.3 is 5.97 Å². The molecule has 0 amide bonds. The average Bonchev–Trinajstić information content (AvgIpc) is 1.91. The van der Waals surface area contributed by atoms with Crippen molar-refractivity contribution < 1.29 is 18.7 Å². The van der Waals surface area contributed by atoms with Gasteiger partial charge in [0, 0.05) is 12.8 Å². The van der Waals surface area contributed by atoms with Crippen molar-refractivity contribution >= 4 is 5.97 Å². The minimum atomic E-state index is -2.52. The fourth-order valence-corrected chi connectivity index (χ4v) is 2.59. The number of aliphatic carboxylic acids is 1. The molecule has 0 bridgehead atoms.